The summed E-state index contributed by atoms with van der Waals surface area (Å²) in [5, 5.41) is 8.52. The molecule has 2 atom stereocenters. The number of halogens is 3. The third kappa shape index (κ3) is 2.88. The van der Waals surface area contributed by atoms with Crippen molar-refractivity contribution in [1.82, 2.24) is 4.90 Å². The first kappa shape index (κ1) is 11.3. The summed E-state index contributed by atoms with van der Waals surface area (Å²) >= 11 is 0. The molecule has 0 amide bonds. The molecule has 2 nitrogen and oxygen atoms in total. The summed E-state index contributed by atoms with van der Waals surface area (Å²) < 4.78 is 36.8. The molecule has 0 aromatic heterocycles. The quantitative estimate of drug-likeness (QED) is 0.691. The van der Waals surface area contributed by atoms with Gasteiger partial charge in [-0.1, -0.05) is 0 Å². The predicted octanol–water partition coefficient (Wildman–Crippen LogP) is 2.03. The summed E-state index contributed by atoms with van der Waals surface area (Å²) in [5.41, 5.74) is 0. The van der Waals surface area contributed by atoms with Gasteiger partial charge < -0.3 is 4.90 Å². The molecule has 80 valence electrons. The summed E-state index contributed by atoms with van der Waals surface area (Å²) in [6.07, 6.45) is -3.91. The van der Waals surface area contributed by atoms with Crippen molar-refractivity contribution in [1.29, 1.82) is 5.26 Å². The lowest BCUT2D eigenvalue weighted by Crippen LogP contribution is -2.30. The highest BCUT2D eigenvalue weighted by atomic mass is 19.4. The van der Waals surface area contributed by atoms with Crippen LogP contribution in [0.25, 0.3) is 0 Å². The Balaban J connectivity index is 2.39. The Morgan fingerprint density at radius 3 is 2.64 bits per heavy atom. The van der Waals surface area contributed by atoms with Crippen LogP contribution in [-0.4, -0.2) is 30.7 Å². The van der Waals surface area contributed by atoms with Crippen molar-refractivity contribution >= 4 is 0 Å². The van der Waals surface area contributed by atoms with Crippen molar-refractivity contribution in [2.24, 2.45) is 11.8 Å². The van der Waals surface area contributed by atoms with Crippen molar-refractivity contribution in [3.8, 4) is 6.07 Å². The summed E-state index contributed by atoms with van der Waals surface area (Å²) in [6.45, 7) is 2.68. The SMILES string of the molecule is CC(C#N)CN1CCC(C(F)(F)F)C1. The second-order valence-electron chi connectivity index (χ2n) is 3.82. The van der Waals surface area contributed by atoms with Gasteiger partial charge in [-0.05, 0) is 19.9 Å². The number of nitrogens with zero attached hydrogens (tertiary/aromatic N) is 2. The minimum Gasteiger partial charge on any atom is -0.301 e. The Kier molecular flexibility index (Phi) is 3.38. The first-order valence-corrected chi connectivity index (χ1v) is 4.62. The molecule has 1 heterocycles. The van der Waals surface area contributed by atoms with E-state index in [4.69, 9.17) is 5.26 Å². The van der Waals surface area contributed by atoms with Crippen LogP contribution >= 0.6 is 0 Å². The first-order chi connectivity index (χ1) is 6.43. The molecule has 0 aromatic carbocycles. The van der Waals surface area contributed by atoms with Gasteiger partial charge in [0, 0.05) is 13.1 Å². The normalized spacial score (nSPS) is 26.1. The van der Waals surface area contributed by atoms with Gasteiger partial charge in [-0.25, -0.2) is 0 Å². The molecule has 0 spiro atoms. The topological polar surface area (TPSA) is 27.0 Å². The summed E-state index contributed by atoms with van der Waals surface area (Å²) in [4.78, 5) is 1.71. The molecule has 1 fully saturated rings. The summed E-state index contributed by atoms with van der Waals surface area (Å²) in [7, 11) is 0. The fourth-order valence-electron chi connectivity index (χ4n) is 1.69. The van der Waals surface area contributed by atoms with E-state index in [1.54, 1.807) is 11.8 Å². The second-order valence-corrected chi connectivity index (χ2v) is 3.82. The van der Waals surface area contributed by atoms with Gasteiger partial charge in [-0.15, -0.1) is 0 Å². The van der Waals surface area contributed by atoms with E-state index < -0.39 is 12.1 Å². The van der Waals surface area contributed by atoms with Crippen LogP contribution in [0.4, 0.5) is 13.2 Å². The van der Waals surface area contributed by atoms with E-state index in [1.165, 1.54) is 0 Å². The highest BCUT2D eigenvalue weighted by Gasteiger charge is 2.43. The lowest BCUT2D eigenvalue weighted by molar-refractivity contribution is -0.170. The molecular formula is C9H13F3N2. The van der Waals surface area contributed by atoms with Crippen LogP contribution in [0.1, 0.15) is 13.3 Å². The van der Waals surface area contributed by atoms with Gasteiger partial charge in [0.15, 0.2) is 0 Å². The second kappa shape index (κ2) is 4.18. The van der Waals surface area contributed by atoms with Crippen LogP contribution in [0.3, 0.4) is 0 Å². The Labute approximate surface area is 81.3 Å². The molecule has 1 rings (SSSR count). The minimum atomic E-state index is -4.08. The van der Waals surface area contributed by atoms with Crippen molar-refractivity contribution in [3.05, 3.63) is 0 Å². The van der Waals surface area contributed by atoms with Crippen molar-refractivity contribution < 1.29 is 13.2 Å². The van der Waals surface area contributed by atoms with Crippen LogP contribution in [0.15, 0.2) is 0 Å². The number of likely N-dealkylation sites (tertiary alicyclic amines) is 1. The predicted molar refractivity (Wildman–Crippen MR) is 45.4 cm³/mol. The van der Waals surface area contributed by atoms with Crippen LogP contribution < -0.4 is 0 Å². The smallest absolute Gasteiger partial charge is 0.301 e. The van der Waals surface area contributed by atoms with Crippen molar-refractivity contribution in [3.63, 3.8) is 0 Å². The maximum atomic E-state index is 12.3. The van der Waals surface area contributed by atoms with Gasteiger partial charge in [0.1, 0.15) is 0 Å². The van der Waals surface area contributed by atoms with Gasteiger partial charge >= 0.3 is 6.18 Å². The Bertz CT molecular complexity index is 231. The lowest BCUT2D eigenvalue weighted by Gasteiger charge is -2.18. The maximum absolute atomic E-state index is 12.3. The number of alkyl halides is 3. The molecule has 14 heavy (non-hydrogen) atoms. The molecule has 2 unspecified atom stereocenters. The van der Waals surface area contributed by atoms with E-state index in [2.05, 4.69) is 0 Å². The van der Waals surface area contributed by atoms with Crippen molar-refractivity contribution in [2.75, 3.05) is 19.6 Å². The van der Waals surface area contributed by atoms with Gasteiger partial charge in [0.05, 0.1) is 17.9 Å². The molecular weight excluding hydrogens is 193 g/mol. The van der Waals surface area contributed by atoms with E-state index in [-0.39, 0.29) is 18.9 Å². The average Bonchev–Trinajstić information content (AvgIpc) is 2.51. The van der Waals surface area contributed by atoms with Crippen LogP contribution in [0, 0.1) is 23.2 Å². The monoisotopic (exact) mass is 206 g/mol. The number of hydrogen-bond donors (Lipinski definition) is 0. The molecule has 0 radical (unpaired) electrons. The van der Waals surface area contributed by atoms with E-state index >= 15 is 0 Å². The third-order valence-corrected chi connectivity index (χ3v) is 2.49. The molecule has 1 saturated heterocycles. The zero-order valence-electron chi connectivity index (χ0n) is 8.01. The van der Waals surface area contributed by atoms with Gasteiger partial charge in [0.2, 0.25) is 0 Å². The van der Waals surface area contributed by atoms with Crippen LogP contribution in [0.2, 0.25) is 0 Å². The Hall–Kier alpha value is -0.760. The largest absolute Gasteiger partial charge is 0.393 e. The summed E-state index contributed by atoms with van der Waals surface area (Å²) in [5.74, 6) is -1.39. The number of nitriles is 1. The molecule has 0 bridgehead atoms. The molecule has 1 aliphatic rings. The zero-order valence-corrected chi connectivity index (χ0v) is 8.01. The minimum absolute atomic E-state index is 0.0511. The maximum Gasteiger partial charge on any atom is 0.393 e. The van der Waals surface area contributed by atoms with E-state index in [9.17, 15) is 13.2 Å². The van der Waals surface area contributed by atoms with Crippen LogP contribution in [-0.2, 0) is 0 Å². The zero-order chi connectivity index (χ0) is 10.8. The van der Waals surface area contributed by atoms with Gasteiger partial charge in [-0.3, -0.25) is 0 Å². The van der Waals surface area contributed by atoms with Gasteiger partial charge in [0.25, 0.3) is 0 Å². The number of hydrogen-bond acceptors (Lipinski definition) is 2. The Morgan fingerprint density at radius 1 is 1.57 bits per heavy atom. The van der Waals surface area contributed by atoms with Crippen LogP contribution in [0.5, 0.6) is 0 Å². The average molecular weight is 206 g/mol. The highest BCUT2D eigenvalue weighted by molar-refractivity contribution is 4.86. The van der Waals surface area contributed by atoms with Crippen molar-refractivity contribution in [2.45, 2.75) is 19.5 Å². The molecule has 0 N–H and O–H groups in total. The first-order valence-electron chi connectivity index (χ1n) is 4.62. The highest BCUT2D eigenvalue weighted by Crippen LogP contribution is 2.33. The molecule has 1 aliphatic heterocycles. The Morgan fingerprint density at radius 2 is 2.21 bits per heavy atom. The fourth-order valence-corrected chi connectivity index (χ4v) is 1.69. The summed E-state index contributed by atoms with van der Waals surface area (Å²) in [6, 6.07) is 2.02. The fraction of sp³-hybridized carbons (Fsp3) is 0.889. The number of rotatable bonds is 2. The van der Waals surface area contributed by atoms with E-state index in [0.717, 1.165) is 0 Å². The molecule has 0 aliphatic carbocycles. The lowest BCUT2D eigenvalue weighted by atomic mass is 10.1. The third-order valence-electron chi connectivity index (χ3n) is 2.49. The van der Waals surface area contributed by atoms with E-state index in [0.29, 0.717) is 13.1 Å². The molecule has 5 heteroatoms. The standard InChI is InChI=1S/C9H13F3N2/c1-7(4-13)5-14-3-2-8(6-14)9(10,11)12/h7-8H,2-3,5-6H2,1H3. The molecule has 0 aromatic rings. The molecule has 0 saturated carbocycles. The van der Waals surface area contributed by atoms with Gasteiger partial charge in [-0.2, -0.15) is 18.4 Å². The van der Waals surface area contributed by atoms with E-state index in [1.807, 2.05) is 6.07 Å².